The van der Waals surface area contributed by atoms with Crippen LogP contribution in [0.25, 0.3) is 38.6 Å². The molecule has 0 saturated heterocycles. The summed E-state index contributed by atoms with van der Waals surface area (Å²) in [5.74, 6) is 0. The maximum Gasteiger partial charge on any atom is 0.0541 e. The topological polar surface area (TPSA) is 8.17 Å². The van der Waals surface area contributed by atoms with Crippen molar-refractivity contribution in [3.8, 4) is 16.8 Å². The monoisotopic (exact) mass is 452 g/mol. The molecule has 0 N–H and O–H groups in total. The Kier molecular flexibility index (Phi) is 5.35. The van der Waals surface area contributed by atoms with Crippen LogP contribution in [0.15, 0.2) is 134 Å². The molecule has 0 unspecified atom stereocenters. The minimum Gasteiger partial charge on any atom is -0.341 e. The van der Waals surface area contributed by atoms with E-state index in [0.717, 1.165) is 19.4 Å². The molecule has 0 fully saturated rings. The first kappa shape index (κ1) is 21.2. The van der Waals surface area contributed by atoms with Crippen LogP contribution in [0.4, 0.5) is 5.69 Å². The molecule has 5 aromatic rings. The van der Waals surface area contributed by atoms with Gasteiger partial charge in [-0.25, -0.2) is 0 Å². The summed E-state index contributed by atoms with van der Waals surface area (Å²) in [7, 11) is 0. The highest BCUT2D eigenvalue weighted by Gasteiger charge is 2.18. The highest BCUT2D eigenvalue weighted by Crippen LogP contribution is 2.34. The van der Waals surface area contributed by atoms with Gasteiger partial charge in [-0.15, -0.1) is 0 Å². The molecule has 2 nitrogen and oxygen atoms in total. The predicted octanol–water partition coefficient (Wildman–Crippen LogP) is 8.68. The number of fused-ring (bicyclic) bond motifs is 3. The van der Waals surface area contributed by atoms with E-state index in [2.05, 4.69) is 120 Å². The molecular weight excluding hydrogens is 424 g/mol. The molecule has 2 heterocycles. The van der Waals surface area contributed by atoms with Crippen LogP contribution in [-0.2, 0) is 0 Å². The Morgan fingerprint density at radius 2 is 1.14 bits per heavy atom. The second-order valence-corrected chi connectivity index (χ2v) is 9.04. The Morgan fingerprint density at radius 3 is 1.69 bits per heavy atom. The molecule has 0 bridgehead atoms. The van der Waals surface area contributed by atoms with Crippen molar-refractivity contribution < 1.29 is 0 Å². The minimum absolute atomic E-state index is 1.01. The van der Waals surface area contributed by atoms with Gasteiger partial charge >= 0.3 is 0 Å². The van der Waals surface area contributed by atoms with Crippen LogP contribution in [0.3, 0.4) is 0 Å². The number of rotatable bonds is 5. The van der Waals surface area contributed by atoms with Crippen molar-refractivity contribution in [1.29, 1.82) is 0 Å². The van der Waals surface area contributed by atoms with Gasteiger partial charge in [0.1, 0.15) is 0 Å². The highest BCUT2D eigenvalue weighted by molar-refractivity contribution is 6.09. The van der Waals surface area contributed by atoms with E-state index in [1.165, 1.54) is 55.6 Å². The first-order chi connectivity index (χ1) is 17.3. The number of nitrogens with zero attached hydrogens (tertiary/aromatic N) is 2. The summed E-state index contributed by atoms with van der Waals surface area (Å²) in [6.07, 6.45) is 6.12. The Balaban J connectivity index is 1.34. The number of anilines is 1. The van der Waals surface area contributed by atoms with E-state index in [0.29, 0.717) is 0 Å². The van der Waals surface area contributed by atoms with E-state index in [1.807, 2.05) is 12.2 Å². The van der Waals surface area contributed by atoms with Gasteiger partial charge in [-0.05, 0) is 72.0 Å². The molecule has 0 aliphatic carbocycles. The van der Waals surface area contributed by atoms with Gasteiger partial charge in [-0.2, -0.15) is 0 Å². The Bertz CT molecular complexity index is 1530. The fourth-order valence-electron chi connectivity index (χ4n) is 5.40. The van der Waals surface area contributed by atoms with Gasteiger partial charge < -0.3 is 9.47 Å². The Labute approximate surface area is 206 Å². The molecule has 35 heavy (non-hydrogen) atoms. The second-order valence-electron chi connectivity index (χ2n) is 9.04. The molecule has 0 spiro atoms. The Hall–Kier alpha value is -4.30. The Morgan fingerprint density at radius 1 is 0.600 bits per heavy atom. The fourth-order valence-corrected chi connectivity index (χ4v) is 5.40. The van der Waals surface area contributed by atoms with Crippen LogP contribution in [0.2, 0.25) is 0 Å². The third kappa shape index (κ3) is 3.59. The quantitative estimate of drug-likeness (QED) is 0.259. The smallest absolute Gasteiger partial charge is 0.0541 e. The maximum atomic E-state index is 4.04. The summed E-state index contributed by atoms with van der Waals surface area (Å²) in [4.78, 5) is 2.35. The lowest BCUT2D eigenvalue weighted by Gasteiger charge is -2.32. The maximum absolute atomic E-state index is 4.04. The molecule has 2 heteroatoms. The molecule has 4 aromatic carbocycles. The standard InChI is InChI=1S/C33H28N2/c1-3-24-10-9-23-34(31(24)4-2)27-19-15-25(16-20-27)26-17-21-28(22-18-26)35-32-13-7-5-11-29(32)30-12-6-8-14-33(30)35/h3-8,11-22H,1-2,9-10,23H2. The first-order valence-corrected chi connectivity index (χ1v) is 12.2. The lowest BCUT2D eigenvalue weighted by Crippen LogP contribution is -2.27. The summed E-state index contributed by atoms with van der Waals surface area (Å²) in [6.45, 7) is 9.04. The lowest BCUT2D eigenvalue weighted by molar-refractivity contribution is 0.745. The van der Waals surface area contributed by atoms with E-state index in [9.17, 15) is 0 Å². The van der Waals surface area contributed by atoms with Crippen LogP contribution in [0.5, 0.6) is 0 Å². The first-order valence-electron chi connectivity index (χ1n) is 12.2. The molecule has 1 aliphatic heterocycles. The van der Waals surface area contributed by atoms with E-state index in [1.54, 1.807) is 0 Å². The number of hydrogen-bond acceptors (Lipinski definition) is 1. The minimum atomic E-state index is 1.01. The number of hydrogen-bond donors (Lipinski definition) is 0. The lowest BCUT2D eigenvalue weighted by atomic mass is 10.00. The number of benzene rings is 4. The van der Waals surface area contributed by atoms with Crippen LogP contribution < -0.4 is 4.90 Å². The van der Waals surface area contributed by atoms with Crippen molar-refractivity contribution in [3.63, 3.8) is 0 Å². The van der Waals surface area contributed by atoms with Crippen molar-refractivity contribution in [1.82, 2.24) is 4.57 Å². The van der Waals surface area contributed by atoms with Crippen molar-refractivity contribution in [2.24, 2.45) is 0 Å². The molecule has 1 aliphatic rings. The van der Waals surface area contributed by atoms with Gasteiger partial charge in [0.05, 0.1) is 11.0 Å². The molecule has 0 saturated carbocycles. The van der Waals surface area contributed by atoms with Crippen LogP contribution in [0, 0.1) is 0 Å². The van der Waals surface area contributed by atoms with Crippen molar-refractivity contribution >= 4 is 27.5 Å². The summed E-state index contributed by atoms with van der Waals surface area (Å²) in [5.41, 5.74) is 9.72. The molecule has 6 rings (SSSR count). The molecule has 1 aromatic heterocycles. The van der Waals surface area contributed by atoms with Crippen molar-refractivity contribution in [2.75, 3.05) is 11.4 Å². The molecule has 0 radical (unpaired) electrons. The summed E-state index contributed by atoms with van der Waals surface area (Å²) < 4.78 is 2.36. The number of allylic oxidation sites excluding steroid dienone is 3. The van der Waals surface area contributed by atoms with Gasteiger partial charge in [0.25, 0.3) is 0 Å². The molecule has 0 atom stereocenters. The normalized spacial score (nSPS) is 14.0. The van der Waals surface area contributed by atoms with Crippen molar-refractivity contribution in [3.05, 3.63) is 134 Å². The average Bonchev–Trinajstić information content (AvgIpc) is 3.27. The van der Waals surface area contributed by atoms with Crippen LogP contribution in [0.1, 0.15) is 12.8 Å². The zero-order valence-electron chi connectivity index (χ0n) is 19.8. The zero-order valence-corrected chi connectivity index (χ0v) is 19.8. The SMILES string of the molecule is C=CC1=C(C=C)N(c2ccc(-c3ccc(-n4c5ccccc5c5ccccc54)cc3)cc2)CCC1. The summed E-state index contributed by atoms with van der Waals surface area (Å²) in [6, 6.07) is 35.0. The molecular formula is C33H28N2. The highest BCUT2D eigenvalue weighted by atomic mass is 15.1. The van der Waals surface area contributed by atoms with E-state index in [-0.39, 0.29) is 0 Å². The third-order valence-electron chi connectivity index (χ3n) is 7.11. The fraction of sp³-hybridized carbons (Fsp3) is 0.0909. The van der Waals surface area contributed by atoms with Crippen LogP contribution >= 0.6 is 0 Å². The third-order valence-corrected chi connectivity index (χ3v) is 7.11. The van der Waals surface area contributed by atoms with Gasteiger partial charge in [-0.1, -0.05) is 79.9 Å². The average molecular weight is 453 g/mol. The number of aromatic nitrogens is 1. The molecule has 170 valence electrons. The number of para-hydroxylation sites is 2. The predicted molar refractivity (Wildman–Crippen MR) is 150 cm³/mol. The van der Waals surface area contributed by atoms with Gasteiger partial charge in [0.2, 0.25) is 0 Å². The van der Waals surface area contributed by atoms with Crippen LogP contribution in [-0.4, -0.2) is 11.1 Å². The zero-order chi connectivity index (χ0) is 23.8. The summed E-state index contributed by atoms with van der Waals surface area (Å²) >= 11 is 0. The van der Waals surface area contributed by atoms with E-state index >= 15 is 0 Å². The van der Waals surface area contributed by atoms with Gasteiger partial charge in [0, 0.05) is 34.4 Å². The van der Waals surface area contributed by atoms with Gasteiger partial charge in [-0.3, -0.25) is 0 Å². The van der Waals surface area contributed by atoms with Gasteiger partial charge in [0.15, 0.2) is 0 Å². The van der Waals surface area contributed by atoms with Crippen molar-refractivity contribution in [2.45, 2.75) is 12.8 Å². The van der Waals surface area contributed by atoms with E-state index in [4.69, 9.17) is 0 Å². The summed E-state index contributed by atoms with van der Waals surface area (Å²) in [5, 5.41) is 2.57. The van der Waals surface area contributed by atoms with E-state index < -0.39 is 0 Å². The second kappa shape index (κ2) is 8.81. The molecule has 0 amide bonds. The largest absolute Gasteiger partial charge is 0.341 e.